The molecule has 10 aromatic carbocycles. The average molecular weight is 832 g/mol. The highest BCUT2D eigenvalue weighted by Crippen LogP contribution is 2.44. The number of rotatable bonds is 5. The normalized spacial score (nSPS) is 12.1. The van der Waals surface area contributed by atoms with Crippen LogP contribution in [-0.4, -0.2) is 13.7 Å². The van der Waals surface area contributed by atoms with Gasteiger partial charge in [-0.15, -0.1) is 11.3 Å². The number of benzene rings is 10. The van der Waals surface area contributed by atoms with Crippen LogP contribution in [0.15, 0.2) is 224 Å². The van der Waals surface area contributed by atoms with E-state index in [1.165, 1.54) is 114 Å². The molecule has 0 unspecified atom stereocenters. The Hall–Kier alpha value is -8.18. The first-order valence-electron chi connectivity index (χ1n) is 21.9. The van der Waals surface area contributed by atoms with Gasteiger partial charge in [-0.25, -0.2) is 0 Å². The summed E-state index contributed by atoms with van der Waals surface area (Å²) >= 11 is 1.87. The van der Waals surface area contributed by atoms with Crippen LogP contribution >= 0.6 is 11.3 Å². The standard InChI is InChI=1S/C60H37N3S/c1-2-13-38(14-3-1)39-25-27-40(28-26-39)41-29-34-58-50(35-41)60-56(23-12-24-59(60)64-58)63-54-22-11-6-17-46(54)48-32-30-43(37-57(48)63)62-53-21-10-7-18-47(53)49-36-42(31-33-55(49)62)61-51-19-8-4-15-44(51)45-16-5-9-20-52(45)61/h1-37H. The first-order chi connectivity index (χ1) is 31.7. The molecule has 0 fully saturated rings. The molecule has 0 N–H and O–H groups in total. The Balaban J connectivity index is 0.965. The highest BCUT2D eigenvalue weighted by molar-refractivity contribution is 7.25. The fourth-order valence-electron chi connectivity index (χ4n) is 10.6. The third-order valence-electron chi connectivity index (χ3n) is 13.4. The van der Waals surface area contributed by atoms with Gasteiger partial charge in [-0.3, -0.25) is 0 Å². The van der Waals surface area contributed by atoms with Gasteiger partial charge < -0.3 is 13.7 Å². The van der Waals surface area contributed by atoms with Crippen LogP contribution in [0, 0.1) is 0 Å². The molecule has 4 heterocycles. The highest BCUT2D eigenvalue weighted by atomic mass is 32.1. The van der Waals surface area contributed by atoms with Crippen molar-refractivity contribution in [1.82, 2.24) is 13.7 Å². The molecule has 0 amide bonds. The lowest BCUT2D eigenvalue weighted by atomic mass is 9.99. The van der Waals surface area contributed by atoms with E-state index in [0.29, 0.717) is 0 Å². The van der Waals surface area contributed by atoms with Gasteiger partial charge in [0.25, 0.3) is 0 Å². The topological polar surface area (TPSA) is 14.8 Å². The maximum absolute atomic E-state index is 2.51. The van der Waals surface area contributed by atoms with E-state index in [9.17, 15) is 0 Å². The van der Waals surface area contributed by atoms with E-state index in [1.807, 2.05) is 11.3 Å². The Morgan fingerprint density at radius 3 is 1.39 bits per heavy atom. The smallest absolute Gasteiger partial charge is 0.0562 e. The second-order valence-electron chi connectivity index (χ2n) is 16.9. The summed E-state index contributed by atoms with van der Waals surface area (Å²) in [6.07, 6.45) is 0. The van der Waals surface area contributed by atoms with E-state index in [4.69, 9.17) is 0 Å². The first kappa shape index (κ1) is 35.4. The fourth-order valence-corrected chi connectivity index (χ4v) is 11.7. The summed E-state index contributed by atoms with van der Waals surface area (Å²) in [5.74, 6) is 0. The van der Waals surface area contributed by atoms with Gasteiger partial charge in [-0.05, 0) is 101 Å². The van der Waals surface area contributed by atoms with Crippen LogP contribution in [0.5, 0.6) is 0 Å². The van der Waals surface area contributed by atoms with Crippen LogP contribution in [0.3, 0.4) is 0 Å². The Morgan fingerprint density at radius 2 is 0.734 bits per heavy atom. The molecule has 3 nitrogen and oxygen atoms in total. The van der Waals surface area contributed by atoms with E-state index in [1.54, 1.807) is 0 Å². The Morgan fingerprint density at radius 1 is 0.250 bits per heavy atom. The lowest BCUT2D eigenvalue weighted by molar-refractivity contribution is 1.16. The lowest BCUT2D eigenvalue weighted by Crippen LogP contribution is -1.98. The van der Waals surface area contributed by atoms with Gasteiger partial charge in [-0.2, -0.15) is 0 Å². The minimum Gasteiger partial charge on any atom is -0.309 e. The van der Waals surface area contributed by atoms with Crippen molar-refractivity contribution in [2.24, 2.45) is 0 Å². The summed E-state index contributed by atoms with van der Waals surface area (Å²) in [5.41, 5.74) is 15.6. The molecular formula is C60H37N3S. The summed E-state index contributed by atoms with van der Waals surface area (Å²) < 4.78 is 9.96. The minimum absolute atomic E-state index is 1.14. The van der Waals surface area contributed by atoms with Gasteiger partial charge in [0, 0.05) is 63.9 Å². The van der Waals surface area contributed by atoms with Crippen molar-refractivity contribution in [2.75, 3.05) is 0 Å². The van der Waals surface area contributed by atoms with Gasteiger partial charge in [0.05, 0.1) is 38.8 Å². The Kier molecular flexibility index (Phi) is 7.56. The lowest BCUT2D eigenvalue weighted by Gasteiger charge is -2.13. The van der Waals surface area contributed by atoms with Crippen LogP contribution in [0.4, 0.5) is 0 Å². The second kappa shape index (κ2) is 13.7. The molecule has 0 aliphatic heterocycles. The molecule has 298 valence electrons. The largest absolute Gasteiger partial charge is 0.309 e. The highest BCUT2D eigenvalue weighted by Gasteiger charge is 2.21. The zero-order valence-corrected chi connectivity index (χ0v) is 35.4. The van der Waals surface area contributed by atoms with Crippen molar-refractivity contribution in [1.29, 1.82) is 0 Å². The summed E-state index contributed by atoms with van der Waals surface area (Å²) in [6.45, 7) is 0. The van der Waals surface area contributed by atoms with Gasteiger partial charge >= 0.3 is 0 Å². The first-order valence-corrected chi connectivity index (χ1v) is 22.7. The van der Waals surface area contributed by atoms with Crippen molar-refractivity contribution in [3.8, 4) is 39.3 Å². The molecular weight excluding hydrogens is 795 g/mol. The van der Waals surface area contributed by atoms with E-state index in [-0.39, 0.29) is 0 Å². The summed E-state index contributed by atoms with van der Waals surface area (Å²) in [4.78, 5) is 0. The number of fused-ring (bicyclic) bond motifs is 12. The maximum atomic E-state index is 2.51. The van der Waals surface area contributed by atoms with E-state index < -0.39 is 0 Å². The number of thiophene rings is 1. The van der Waals surface area contributed by atoms with Crippen LogP contribution in [0.1, 0.15) is 0 Å². The maximum Gasteiger partial charge on any atom is 0.0562 e. The number of para-hydroxylation sites is 4. The quantitative estimate of drug-likeness (QED) is 0.164. The summed E-state index contributed by atoms with van der Waals surface area (Å²) in [5, 5.41) is 10.1. The van der Waals surface area contributed by atoms with Gasteiger partial charge in [0.2, 0.25) is 0 Å². The number of aromatic nitrogens is 3. The second-order valence-corrected chi connectivity index (χ2v) is 18.0. The molecule has 4 aromatic heterocycles. The molecule has 4 heteroatoms. The molecule has 0 atom stereocenters. The van der Waals surface area contributed by atoms with Gasteiger partial charge in [-0.1, -0.05) is 146 Å². The van der Waals surface area contributed by atoms with Crippen molar-refractivity contribution < 1.29 is 0 Å². The average Bonchev–Trinajstić information content (AvgIpc) is 4.10. The van der Waals surface area contributed by atoms with E-state index >= 15 is 0 Å². The van der Waals surface area contributed by atoms with Crippen LogP contribution in [0.25, 0.3) is 125 Å². The Bertz CT molecular complexity index is 4130. The summed E-state index contributed by atoms with van der Waals surface area (Å²) in [6, 6.07) is 82.7. The molecule has 64 heavy (non-hydrogen) atoms. The van der Waals surface area contributed by atoms with Crippen LogP contribution in [-0.2, 0) is 0 Å². The van der Waals surface area contributed by atoms with Gasteiger partial charge in [0.1, 0.15) is 0 Å². The fraction of sp³-hybridized carbons (Fsp3) is 0. The van der Waals surface area contributed by atoms with Crippen molar-refractivity contribution >= 4 is 96.9 Å². The Labute approximate surface area is 372 Å². The van der Waals surface area contributed by atoms with Crippen molar-refractivity contribution in [3.63, 3.8) is 0 Å². The number of hydrogen-bond donors (Lipinski definition) is 0. The monoisotopic (exact) mass is 831 g/mol. The van der Waals surface area contributed by atoms with Crippen molar-refractivity contribution in [3.05, 3.63) is 224 Å². The minimum atomic E-state index is 1.14. The van der Waals surface area contributed by atoms with Gasteiger partial charge in [0.15, 0.2) is 0 Å². The molecule has 0 aliphatic rings. The molecule has 0 aliphatic carbocycles. The predicted octanol–water partition coefficient (Wildman–Crippen LogP) is 16.7. The zero-order valence-electron chi connectivity index (χ0n) is 34.6. The zero-order chi connectivity index (χ0) is 41.9. The molecule has 0 spiro atoms. The molecule has 0 saturated heterocycles. The van der Waals surface area contributed by atoms with Crippen molar-refractivity contribution in [2.45, 2.75) is 0 Å². The van der Waals surface area contributed by atoms with Crippen LogP contribution in [0.2, 0.25) is 0 Å². The molecule has 14 rings (SSSR count). The third kappa shape index (κ3) is 5.15. The molecule has 0 radical (unpaired) electrons. The molecule has 0 bridgehead atoms. The SMILES string of the molecule is c1ccc(-c2ccc(-c3ccc4sc5cccc(-n6c7ccccc7c7ccc(-n8c9ccccc9c9cc(-n%10c%11ccccc%11c%11ccccc%11%10)ccc98)cc76)c5c4c3)cc2)cc1. The number of nitrogens with zero attached hydrogens (tertiary/aromatic N) is 3. The predicted molar refractivity (Wildman–Crippen MR) is 273 cm³/mol. The number of hydrogen-bond acceptors (Lipinski definition) is 1. The molecule has 14 aromatic rings. The molecule has 0 saturated carbocycles. The third-order valence-corrected chi connectivity index (χ3v) is 14.6. The summed E-state index contributed by atoms with van der Waals surface area (Å²) in [7, 11) is 0. The van der Waals surface area contributed by atoms with E-state index in [2.05, 4.69) is 238 Å². The van der Waals surface area contributed by atoms with Crippen LogP contribution < -0.4 is 0 Å². The van der Waals surface area contributed by atoms with E-state index in [0.717, 1.165) is 11.4 Å².